The second kappa shape index (κ2) is 3.67. The number of nitrogens with two attached hydrogens (primary N) is 1. The van der Waals surface area contributed by atoms with Crippen molar-refractivity contribution in [2.24, 2.45) is 0 Å². The highest BCUT2D eigenvalue weighted by molar-refractivity contribution is 5.65. The molecule has 3 heteroatoms. The molecule has 0 fully saturated rings. The average molecular weight is 215 g/mol. The summed E-state index contributed by atoms with van der Waals surface area (Å²) in [4.78, 5) is 7.11. The molecule has 0 aliphatic rings. The van der Waals surface area contributed by atoms with E-state index in [9.17, 15) is 0 Å². The van der Waals surface area contributed by atoms with Crippen molar-refractivity contribution in [3.05, 3.63) is 36.0 Å². The lowest BCUT2D eigenvalue weighted by Gasteiger charge is -2.22. The molecule has 0 saturated heterocycles. The van der Waals surface area contributed by atoms with E-state index in [-0.39, 0.29) is 5.41 Å². The van der Waals surface area contributed by atoms with Gasteiger partial charge in [0.2, 0.25) is 0 Å². The van der Waals surface area contributed by atoms with Gasteiger partial charge in [0, 0.05) is 5.56 Å². The van der Waals surface area contributed by atoms with Gasteiger partial charge in [-0.2, -0.15) is 0 Å². The first-order chi connectivity index (χ1) is 7.48. The minimum atomic E-state index is 0.108. The molecule has 84 valence electrons. The van der Waals surface area contributed by atoms with Gasteiger partial charge in [0.25, 0.3) is 0 Å². The maximum atomic E-state index is 5.61. The second-order valence-corrected chi connectivity index (χ2v) is 4.98. The minimum Gasteiger partial charge on any atom is -0.369 e. The number of anilines is 1. The number of nitrogens with zero attached hydrogens (tertiary/aromatic N) is 1. The van der Waals surface area contributed by atoms with E-state index < -0.39 is 0 Å². The van der Waals surface area contributed by atoms with Gasteiger partial charge in [-0.15, -0.1) is 0 Å². The summed E-state index contributed by atoms with van der Waals surface area (Å²) in [6.45, 7) is 6.60. The molecule has 0 radical (unpaired) electrons. The molecule has 2 rings (SSSR count). The minimum absolute atomic E-state index is 0.108. The lowest BCUT2D eigenvalue weighted by molar-refractivity contribution is 0.592. The van der Waals surface area contributed by atoms with Crippen molar-refractivity contribution in [3.8, 4) is 11.3 Å². The zero-order chi connectivity index (χ0) is 11.8. The molecule has 0 aliphatic heterocycles. The Morgan fingerprint density at radius 2 is 1.88 bits per heavy atom. The number of hydrogen-bond acceptors (Lipinski definition) is 2. The summed E-state index contributed by atoms with van der Waals surface area (Å²) < 4.78 is 0. The summed E-state index contributed by atoms with van der Waals surface area (Å²) in [7, 11) is 0. The number of imidazole rings is 1. The zero-order valence-electron chi connectivity index (χ0n) is 9.91. The van der Waals surface area contributed by atoms with Crippen LogP contribution in [0.3, 0.4) is 0 Å². The summed E-state index contributed by atoms with van der Waals surface area (Å²) in [5.41, 5.74) is 9.15. The first-order valence-electron chi connectivity index (χ1n) is 5.39. The van der Waals surface area contributed by atoms with Crippen LogP contribution < -0.4 is 5.73 Å². The van der Waals surface area contributed by atoms with Crippen molar-refractivity contribution in [1.29, 1.82) is 0 Å². The van der Waals surface area contributed by atoms with Crippen LogP contribution in [0.1, 0.15) is 26.3 Å². The summed E-state index contributed by atoms with van der Waals surface area (Å²) in [6.07, 6.45) is 1.78. The predicted octanol–water partition coefficient (Wildman–Crippen LogP) is 2.96. The normalized spacial score (nSPS) is 11.7. The van der Waals surface area contributed by atoms with Crippen LogP contribution in [0.5, 0.6) is 0 Å². The molecule has 0 atom stereocenters. The van der Waals surface area contributed by atoms with Crippen molar-refractivity contribution in [3.63, 3.8) is 0 Å². The maximum Gasteiger partial charge on any atom is 0.197 e. The highest BCUT2D eigenvalue weighted by atomic mass is 15.0. The molecule has 0 unspecified atom stereocenters. The third kappa shape index (κ3) is 1.94. The van der Waals surface area contributed by atoms with Crippen LogP contribution in [0.4, 0.5) is 5.95 Å². The molecular weight excluding hydrogens is 198 g/mol. The van der Waals surface area contributed by atoms with Gasteiger partial charge in [-0.25, -0.2) is 4.98 Å². The van der Waals surface area contributed by atoms with Gasteiger partial charge in [0.15, 0.2) is 5.95 Å². The van der Waals surface area contributed by atoms with Gasteiger partial charge in [-0.1, -0.05) is 45.0 Å². The SMILES string of the molecule is CC(C)(C)c1ccccc1-c1cnc(N)[nH]1. The number of H-pyrrole nitrogens is 1. The molecule has 2 aromatic rings. The fraction of sp³-hybridized carbons (Fsp3) is 0.308. The molecule has 3 N–H and O–H groups in total. The Kier molecular flexibility index (Phi) is 2.46. The van der Waals surface area contributed by atoms with Crippen LogP contribution >= 0.6 is 0 Å². The van der Waals surface area contributed by atoms with Gasteiger partial charge in [0.1, 0.15) is 0 Å². The molecule has 1 heterocycles. The lowest BCUT2D eigenvalue weighted by atomic mass is 9.83. The van der Waals surface area contributed by atoms with Gasteiger partial charge in [-0.3, -0.25) is 0 Å². The maximum absolute atomic E-state index is 5.61. The summed E-state index contributed by atoms with van der Waals surface area (Å²) in [6, 6.07) is 8.32. The van der Waals surface area contributed by atoms with E-state index in [4.69, 9.17) is 5.73 Å². The van der Waals surface area contributed by atoms with Gasteiger partial charge < -0.3 is 10.7 Å². The van der Waals surface area contributed by atoms with Crippen LogP contribution in [0.15, 0.2) is 30.5 Å². The van der Waals surface area contributed by atoms with E-state index in [1.807, 2.05) is 6.07 Å². The predicted molar refractivity (Wildman–Crippen MR) is 67.1 cm³/mol. The van der Waals surface area contributed by atoms with E-state index in [1.54, 1.807) is 6.20 Å². The van der Waals surface area contributed by atoms with E-state index >= 15 is 0 Å². The van der Waals surface area contributed by atoms with Crippen molar-refractivity contribution in [2.75, 3.05) is 5.73 Å². The van der Waals surface area contributed by atoms with Crippen LogP contribution in [0, 0.1) is 0 Å². The quantitative estimate of drug-likeness (QED) is 0.768. The largest absolute Gasteiger partial charge is 0.369 e. The van der Waals surface area contributed by atoms with Crippen molar-refractivity contribution in [1.82, 2.24) is 9.97 Å². The van der Waals surface area contributed by atoms with Crippen LogP contribution in [-0.4, -0.2) is 9.97 Å². The topological polar surface area (TPSA) is 54.7 Å². The number of aromatic nitrogens is 2. The average Bonchev–Trinajstić information content (AvgIpc) is 2.64. The fourth-order valence-corrected chi connectivity index (χ4v) is 1.85. The fourth-order valence-electron chi connectivity index (χ4n) is 1.85. The first kappa shape index (κ1) is 10.7. The Balaban J connectivity index is 2.57. The summed E-state index contributed by atoms with van der Waals surface area (Å²) in [5.74, 6) is 0.457. The van der Waals surface area contributed by atoms with E-state index in [0.717, 1.165) is 5.69 Å². The number of nitrogen functional groups attached to an aromatic ring is 1. The third-order valence-corrected chi connectivity index (χ3v) is 2.62. The Bertz CT molecular complexity index is 492. The molecule has 0 amide bonds. The molecule has 1 aromatic carbocycles. The number of nitrogens with one attached hydrogen (secondary N) is 1. The lowest BCUT2D eigenvalue weighted by Crippen LogP contribution is -2.12. The Morgan fingerprint density at radius 1 is 1.19 bits per heavy atom. The zero-order valence-corrected chi connectivity index (χ0v) is 9.91. The molecular formula is C13H17N3. The smallest absolute Gasteiger partial charge is 0.197 e. The van der Waals surface area contributed by atoms with Crippen LogP contribution in [0.2, 0.25) is 0 Å². The number of hydrogen-bond donors (Lipinski definition) is 2. The highest BCUT2D eigenvalue weighted by Crippen LogP contribution is 2.31. The molecule has 0 spiro atoms. The molecule has 16 heavy (non-hydrogen) atoms. The monoisotopic (exact) mass is 215 g/mol. The standard InChI is InChI=1S/C13H17N3/c1-13(2,3)10-7-5-4-6-9(10)11-8-15-12(14)16-11/h4-8H,1-3H3,(H3,14,15,16). The molecule has 0 bridgehead atoms. The van der Waals surface area contributed by atoms with Crippen LogP contribution in [0.25, 0.3) is 11.3 Å². The van der Waals surface area contributed by atoms with Crippen LogP contribution in [-0.2, 0) is 5.41 Å². The van der Waals surface area contributed by atoms with Crippen molar-refractivity contribution < 1.29 is 0 Å². The van der Waals surface area contributed by atoms with Crippen molar-refractivity contribution in [2.45, 2.75) is 26.2 Å². The van der Waals surface area contributed by atoms with Gasteiger partial charge >= 0.3 is 0 Å². The Labute approximate surface area is 95.7 Å². The second-order valence-electron chi connectivity index (χ2n) is 4.98. The summed E-state index contributed by atoms with van der Waals surface area (Å²) >= 11 is 0. The number of aromatic amines is 1. The first-order valence-corrected chi connectivity index (χ1v) is 5.39. The van der Waals surface area contributed by atoms with Gasteiger partial charge in [-0.05, 0) is 11.0 Å². The Hall–Kier alpha value is -1.77. The molecule has 0 aliphatic carbocycles. The number of rotatable bonds is 1. The highest BCUT2D eigenvalue weighted by Gasteiger charge is 2.18. The molecule has 1 aromatic heterocycles. The van der Waals surface area contributed by atoms with E-state index in [2.05, 4.69) is 48.9 Å². The summed E-state index contributed by atoms with van der Waals surface area (Å²) in [5, 5.41) is 0. The molecule has 0 saturated carbocycles. The van der Waals surface area contributed by atoms with E-state index in [0.29, 0.717) is 5.95 Å². The molecule has 3 nitrogen and oxygen atoms in total. The van der Waals surface area contributed by atoms with Gasteiger partial charge in [0.05, 0.1) is 11.9 Å². The van der Waals surface area contributed by atoms with Crippen molar-refractivity contribution >= 4 is 5.95 Å². The number of benzene rings is 1. The third-order valence-electron chi connectivity index (χ3n) is 2.62. The Morgan fingerprint density at radius 3 is 2.44 bits per heavy atom. The van der Waals surface area contributed by atoms with E-state index in [1.165, 1.54) is 11.1 Å².